The number of aromatic nitrogens is 1. The summed E-state index contributed by atoms with van der Waals surface area (Å²) in [6.07, 6.45) is 0.0274. The number of aliphatic carboxylic acids is 1. The van der Waals surface area contributed by atoms with Crippen LogP contribution in [0.4, 0.5) is 5.69 Å². The van der Waals surface area contributed by atoms with Crippen molar-refractivity contribution in [2.45, 2.75) is 26.2 Å². The molecule has 1 aromatic heterocycles. The number of hydrogen-bond donors (Lipinski definition) is 1. The van der Waals surface area contributed by atoms with Crippen molar-refractivity contribution in [2.75, 3.05) is 11.4 Å². The van der Waals surface area contributed by atoms with E-state index in [2.05, 4.69) is 31.0 Å². The quantitative estimate of drug-likeness (QED) is 0.755. The number of carboxylic acid groups (broad SMARTS) is 1. The maximum Gasteiger partial charge on any atom is 0.308 e. The van der Waals surface area contributed by atoms with Gasteiger partial charge in [0.25, 0.3) is 0 Å². The molecule has 27 heavy (non-hydrogen) atoms. The molecule has 4 rings (SSSR count). The number of anilines is 1. The number of carbonyl (C=O) groups is 2. The third kappa shape index (κ3) is 3.18. The van der Waals surface area contributed by atoms with Crippen LogP contribution in [0.15, 0.2) is 46.9 Å². The summed E-state index contributed by atoms with van der Waals surface area (Å²) in [5.74, 6) is -0.817. The highest BCUT2D eigenvalue weighted by Gasteiger charge is 2.35. The van der Waals surface area contributed by atoms with Gasteiger partial charge in [0, 0.05) is 24.2 Å². The first-order valence-electron chi connectivity index (χ1n) is 8.96. The lowest BCUT2D eigenvalue weighted by Gasteiger charge is -2.15. The molecule has 0 radical (unpaired) electrons. The van der Waals surface area contributed by atoms with Gasteiger partial charge in [-0.15, -0.1) is 0 Å². The minimum Gasteiger partial charge on any atom is -0.481 e. The predicted molar refractivity (Wildman–Crippen MR) is 102 cm³/mol. The first kappa shape index (κ1) is 17.3. The summed E-state index contributed by atoms with van der Waals surface area (Å²) in [5, 5.41) is 9.14. The second-order valence-corrected chi connectivity index (χ2v) is 7.19. The van der Waals surface area contributed by atoms with E-state index >= 15 is 0 Å². The van der Waals surface area contributed by atoms with Crippen molar-refractivity contribution in [2.24, 2.45) is 5.92 Å². The molecule has 1 aliphatic rings. The SMILES string of the molecule is CC(C)c1ccc(-c2nc3cc(N4C[C@H](C(=O)O)CC4=O)ccc3o2)cc1. The number of oxazole rings is 1. The summed E-state index contributed by atoms with van der Waals surface area (Å²) in [4.78, 5) is 29.4. The normalized spacial score (nSPS) is 17.2. The first-order valence-corrected chi connectivity index (χ1v) is 8.96. The summed E-state index contributed by atoms with van der Waals surface area (Å²) in [5.41, 5.74) is 4.05. The monoisotopic (exact) mass is 364 g/mol. The molecule has 0 unspecified atom stereocenters. The molecule has 3 aromatic rings. The van der Waals surface area contributed by atoms with Crippen LogP contribution in [0, 0.1) is 5.92 Å². The maximum atomic E-state index is 12.2. The largest absolute Gasteiger partial charge is 0.481 e. The average molecular weight is 364 g/mol. The lowest BCUT2D eigenvalue weighted by Crippen LogP contribution is -2.25. The Kier molecular flexibility index (Phi) is 4.18. The molecule has 0 aliphatic carbocycles. The molecule has 2 heterocycles. The van der Waals surface area contributed by atoms with Crippen molar-refractivity contribution < 1.29 is 19.1 Å². The summed E-state index contributed by atoms with van der Waals surface area (Å²) in [6.45, 7) is 4.47. The highest BCUT2D eigenvalue weighted by atomic mass is 16.4. The number of carbonyl (C=O) groups excluding carboxylic acids is 1. The van der Waals surface area contributed by atoms with Gasteiger partial charge in [-0.05, 0) is 41.8 Å². The Bertz CT molecular complexity index is 1020. The highest BCUT2D eigenvalue weighted by Crippen LogP contribution is 2.31. The molecule has 6 heteroatoms. The summed E-state index contributed by atoms with van der Waals surface area (Å²) in [6, 6.07) is 13.4. The second-order valence-electron chi connectivity index (χ2n) is 7.19. The lowest BCUT2D eigenvalue weighted by molar-refractivity contribution is -0.141. The molecule has 0 saturated carbocycles. The van der Waals surface area contributed by atoms with E-state index in [0.29, 0.717) is 28.6 Å². The molecule has 1 saturated heterocycles. The van der Waals surface area contributed by atoms with E-state index in [-0.39, 0.29) is 18.9 Å². The van der Waals surface area contributed by atoms with Crippen LogP contribution in [-0.2, 0) is 9.59 Å². The molecule has 138 valence electrons. The van der Waals surface area contributed by atoms with Gasteiger partial charge in [-0.3, -0.25) is 9.59 Å². The van der Waals surface area contributed by atoms with E-state index in [0.717, 1.165) is 5.56 Å². The third-order valence-electron chi connectivity index (χ3n) is 4.98. The van der Waals surface area contributed by atoms with Gasteiger partial charge in [-0.1, -0.05) is 26.0 Å². The van der Waals surface area contributed by atoms with Crippen LogP contribution in [0.1, 0.15) is 31.7 Å². The van der Waals surface area contributed by atoms with Crippen LogP contribution in [0.25, 0.3) is 22.6 Å². The molecule has 1 amide bonds. The van der Waals surface area contributed by atoms with Crippen molar-refractivity contribution in [3.63, 3.8) is 0 Å². The van der Waals surface area contributed by atoms with Crippen LogP contribution >= 0.6 is 0 Å². The standard InChI is InChI=1S/C21H20N2O4/c1-12(2)13-3-5-14(6-4-13)20-22-17-10-16(7-8-18(17)27-20)23-11-15(21(25)26)9-19(23)24/h3-8,10,12,15H,9,11H2,1-2H3,(H,25,26)/t15-/m1/s1. The van der Waals surface area contributed by atoms with E-state index in [1.54, 1.807) is 18.2 Å². The van der Waals surface area contributed by atoms with Crippen LogP contribution in [0.2, 0.25) is 0 Å². The molecule has 0 spiro atoms. The zero-order chi connectivity index (χ0) is 19.1. The smallest absolute Gasteiger partial charge is 0.308 e. The number of amides is 1. The van der Waals surface area contributed by atoms with Crippen molar-refractivity contribution in [1.82, 2.24) is 4.98 Å². The molecule has 1 aliphatic heterocycles. The van der Waals surface area contributed by atoms with E-state index < -0.39 is 11.9 Å². The van der Waals surface area contributed by atoms with Gasteiger partial charge < -0.3 is 14.4 Å². The topological polar surface area (TPSA) is 83.6 Å². The molecule has 2 aromatic carbocycles. The van der Waals surface area contributed by atoms with Crippen molar-refractivity contribution >= 4 is 28.7 Å². The van der Waals surface area contributed by atoms with Crippen molar-refractivity contribution in [1.29, 1.82) is 0 Å². The van der Waals surface area contributed by atoms with Gasteiger partial charge in [0.1, 0.15) is 5.52 Å². The number of benzene rings is 2. The van der Waals surface area contributed by atoms with E-state index in [4.69, 9.17) is 9.52 Å². The Morgan fingerprint density at radius 1 is 1.22 bits per heavy atom. The van der Waals surface area contributed by atoms with E-state index in [1.165, 1.54) is 10.5 Å². The molecule has 1 fully saturated rings. The Morgan fingerprint density at radius 3 is 2.59 bits per heavy atom. The molecular formula is C21H20N2O4. The van der Waals surface area contributed by atoms with E-state index in [9.17, 15) is 9.59 Å². The number of nitrogens with zero attached hydrogens (tertiary/aromatic N) is 2. The number of carboxylic acids is 1. The van der Waals surface area contributed by atoms with E-state index in [1.807, 2.05) is 12.1 Å². The van der Waals surface area contributed by atoms with Gasteiger partial charge in [0.15, 0.2) is 5.58 Å². The fraction of sp³-hybridized carbons (Fsp3) is 0.286. The Labute approximate surface area is 156 Å². The fourth-order valence-corrected chi connectivity index (χ4v) is 3.34. The maximum absolute atomic E-state index is 12.2. The lowest BCUT2D eigenvalue weighted by atomic mass is 10.0. The molecule has 6 nitrogen and oxygen atoms in total. The molecule has 1 atom stereocenters. The zero-order valence-corrected chi connectivity index (χ0v) is 15.2. The first-order chi connectivity index (χ1) is 12.9. The van der Waals surface area contributed by atoms with Crippen LogP contribution in [0.3, 0.4) is 0 Å². The Hall–Kier alpha value is -3.15. The van der Waals surface area contributed by atoms with Gasteiger partial charge in [0.05, 0.1) is 5.92 Å². The molecule has 1 N–H and O–H groups in total. The predicted octanol–water partition coefficient (Wildman–Crippen LogP) is 4.06. The summed E-state index contributed by atoms with van der Waals surface area (Å²) >= 11 is 0. The fourth-order valence-electron chi connectivity index (χ4n) is 3.34. The van der Waals surface area contributed by atoms with Crippen LogP contribution in [0.5, 0.6) is 0 Å². The van der Waals surface area contributed by atoms with Crippen LogP contribution < -0.4 is 4.90 Å². The number of hydrogen-bond acceptors (Lipinski definition) is 4. The number of rotatable bonds is 4. The number of fused-ring (bicyclic) bond motifs is 1. The van der Waals surface area contributed by atoms with Crippen molar-refractivity contribution in [3.8, 4) is 11.5 Å². The third-order valence-corrected chi connectivity index (χ3v) is 4.98. The molecular weight excluding hydrogens is 344 g/mol. The van der Waals surface area contributed by atoms with Crippen molar-refractivity contribution in [3.05, 3.63) is 48.0 Å². The Morgan fingerprint density at radius 2 is 1.96 bits per heavy atom. The highest BCUT2D eigenvalue weighted by molar-refractivity contribution is 6.00. The van der Waals surface area contributed by atoms with Gasteiger partial charge in [0.2, 0.25) is 11.8 Å². The second kappa shape index (κ2) is 6.54. The Balaban J connectivity index is 1.64. The van der Waals surface area contributed by atoms with Gasteiger partial charge in [-0.25, -0.2) is 4.98 Å². The summed E-state index contributed by atoms with van der Waals surface area (Å²) < 4.78 is 5.85. The zero-order valence-electron chi connectivity index (χ0n) is 15.2. The average Bonchev–Trinajstić information content (AvgIpc) is 3.24. The van der Waals surface area contributed by atoms with Crippen LogP contribution in [-0.4, -0.2) is 28.5 Å². The minimum atomic E-state index is -0.944. The minimum absolute atomic E-state index is 0.0274. The molecule has 0 bridgehead atoms. The van der Waals surface area contributed by atoms with Gasteiger partial charge in [-0.2, -0.15) is 0 Å². The van der Waals surface area contributed by atoms with Gasteiger partial charge >= 0.3 is 5.97 Å². The summed E-state index contributed by atoms with van der Waals surface area (Å²) in [7, 11) is 0.